The van der Waals surface area contributed by atoms with Crippen LogP contribution in [0, 0.1) is 0 Å². The third-order valence-electron chi connectivity index (χ3n) is 9.53. The number of nitrogens with zero attached hydrogens (tertiary/aromatic N) is 3. The maximum Gasteiger partial charge on any atom is 0.0979 e. The molecule has 2 aromatic heterocycles. The van der Waals surface area contributed by atoms with Gasteiger partial charge in [-0.1, -0.05) is 133 Å². The molecule has 0 aliphatic carbocycles. The summed E-state index contributed by atoms with van der Waals surface area (Å²) >= 11 is 0. The monoisotopic (exact) mass is 597 g/mol. The Balaban J connectivity index is 1.25. The second-order valence-corrected chi connectivity index (χ2v) is 12.2. The van der Waals surface area contributed by atoms with E-state index in [1.807, 2.05) is 12.1 Å². The lowest BCUT2D eigenvalue weighted by Gasteiger charge is -2.14. The minimum absolute atomic E-state index is 0.891. The van der Waals surface area contributed by atoms with Crippen LogP contribution >= 0.6 is 0 Å². The van der Waals surface area contributed by atoms with Gasteiger partial charge in [-0.05, 0) is 57.3 Å². The average molecular weight is 598 g/mol. The first-order valence-corrected chi connectivity index (χ1v) is 16.0. The molecule has 3 heteroatoms. The first-order valence-electron chi connectivity index (χ1n) is 16.0. The molecule has 0 aliphatic heterocycles. The number of hydrogen-bond donors (Lipinski definition) is 0. The fourth-order valence-corrected chi connectivity index (χ4v) is 7.41. The molecule has 0 aliphatic rings. The van der Waals surface area contributed by atoms with Gasteiger partial charge in [-0.15, -0.1) is 0 Å². The first-order chi connectivity index (χ1) is 23.3. The Morgan fingerprint density at radius 2 is 1.00 bits per heavy atom. The molecule has 2 heterocycles. The fraction of sp³-hybridized carbons (Fsp3) is 0. The highest BCUT2D eigenvalue weighted by atomic mass is 15.0. The van der Waals surface area contributed by atoms with Gasteiger partial charge in [-0.2, -0.15) is 0 Å². The molecule has 0 amide bonds. The van der Waals surface area contributed by atoms with Gasteiger partial charge in [0, 0.05) is 33.0 Å². The van der Waals surface area contributed by atoms with Gasteiger partial charge in [-0.3, -0.25) is 0 Å². The van der Waals surface area contributed by atoms with Gasteiger partial charge < -0.3 is 4.57 Å². The van der Waals surface area contributed by atoms with Crippen molar-refractivity contribution in [2.24, 2.45) is 0 Å². The molecular weight excluding hydrogens is 571 g/mol. The van der Waals surface area contributed by atoms with Crippen molar-refractivity contribution in [3.8, 4) is 28.2 Å². The standard InChI is InChI=1S/C44H27N3/c1-3-12-30(13-4-1)42-43(31-14-5-2-6-15-31)46-44-37(45-42)25-21-29-19-20-32-27-33(23-24-35(32)40(29)44)47-38-18-10-9-17-36(38)41-34-16-8-7-11-28(34)22-26-39(41)47/h1-27H. The molecule has 0 radical (unpaired) electrons. The summed E-state index contributed by atoms with van der Waals surface area (Å²) in [6.45, 7) is 0. The highest BCUT2D eigenvalue weighted by molar-refractivity contribution is 6.22. The lowest BCUT2D eigenvalue weighted by molar-refractivity contribution is 1.19. The molecular formula is C44H27N3. The van der Waals surface area contributed by atoms with E-state index in [0.717, 1.165) is 50.0 Å². The minimum Gasteiger partial charge on any atom is -0.309 e. The summed E-state index contributed by atoms with van der Waals surface area (Å²) in [6.07, 6.45) is 0. The Morgan fingerprint density at radius 3 is 1.81 bits per heavy atom. The molecule has 0 saturated carbocycles. The van der Waals surface area contributed by atoms with Crippen LogP contribution in [-0.4, -0.2) is 14.5 Å². The Hall–Kier alpha value is -6.32. The Bertz CT molecular complexity index is 2830. The molecule has 218 valence electrons. The van der Waals surface area contributed by atoms with E-state index in [1.54, 1.807) is 0 Å². The summed E-state index contributed by atoms with van der Waals surface area (Å²) in [7, 11) is 0. The number of rotatable bonds is 3. The summed E-state index contributed by atoms with van der Waals surface area (Å²) in [5, 5.41) is 9.72. The molecule has 0 fully saturated rings. The second kappa shape index (κ2) is 10.1. The number of benzene rings is 8. The SMILES string of the molecule is c1ccc(-c2nc3ccc4ccc5cc(-n6c7ccccc7c7c8ccccc8ccc76)ccc5c4c3nc2-c2ccccc2)cc1. The molecule has 0 saturated heterocycles. The van der Waals surface area contributed by atoms with Crippen molar-refractivity contribution in [1.29, 1.82) is 0 Å². The topological polar surface area (TPSA) is 30.7 Å². The van der Waals surface area contributed by atoms with Crippen LogP contribution in [0.25, 0.3) is 93.4 Å². The summed E-state index contributed by atoms with van der Waals surface area (Å²) in [6, 6.07) is 58.3. The highest BCUT2D eigenvalue weighted by Crippen LogP contribution is 2.39. The van der Waals surface area contributed by atoms with Gasteiger partial charge in [0.1, 0.15) is 0 Å². The molecule has 8 aromatic carbocycles. The zero-order valence-corrected chi connectivity index (χ0v) is 25.4. The summed E-state index contributed by atoms with van der Waals surface area (Å²) < 4.78 is 2.41. The van der Waals surface area contributed by atoms with E-state index in [0.29, 0.717) is 0 Å². The van der Waals surface area contributed by atoms with E-state index < -0.39 is 0 Å². The zero-order chi connectivity index (χ0) is 30.9. The van der Waals surface area contributed by atoms with Crippen LogP contribution < -0.4 is 0 Å². The van der Waals surface area contributed by atoms with Crippen molar-refractivity contribution < 1.29 is 0 Å². The second-order valence-electron chi connectivity index (χ2n) is 12.2. The van der Waals surface area contributed by atoms with Crippen LogP contribution in [0.4, 0.5) is 0 Å². The maximum absolute atomic E-state index is 5.42. The Labute approximate surface area is 271 Å². The summed E-state index contributed by atoms with van der Waals surface area (Å²) in [4.78, 5) is 10.7. The van der Waals surface area contributed by atoms with E-state index in [4.69, 9.17) is 9.97 Å². The number of fused-ring (bicyclic) bond motifs is 10. The van der Waals surface area contributed by atoms with Crippen LogP contribution in [0.1, 0.15) is 0 Å². The number of para-hydroxylation sites is 1. The third-order valence-corrected chi connectivity index (χ3v) is 9.53. The molecule has 47 heavy (non-hydrogen) atoms. The van der Waals surface area contributed by atoms with E-state index in [9.17, 15) is 0 Å². The molecule has 10 rings (SSSR count). The van der Waals surface area contributed by atoms with E-state index in [1.165, 1.54) is 43.4 Å². The summed E-state index contributed by atoms with van der Waals surface area (Å²) in [5.41, 5.74) is 9.26. The number of aromatic nitrogens is 3. The summed E-state index contributed by atoms with van der Waals surface area (Å²) in [5.74, 6) is 0. The molecule has 3 nitrogen and oxygen atoms in total. The molecule has 0 atom stereocenters. The minimum atomic E-state index is 0.891. The largest absolute Gasteiger partial charge is 0.309 e. The molecule has 10 aromatic rings. The van der Waals surface area contributed by atoms with Gasteiger partial charge in [0.15, 0.2) is 0 Å². The predicted octanol–water partition coefficient (Wildman–Crippen LogP) is 11.5. The third kappa shape index (κ3) is 3.93. The Kier molecular flexibility index (Phi) is 5.57. The lowest BCUT2D eigenvalue weighted by Crippen LogP contribution is -1.97. The van der Waals surface area contributed by atoms with Gasteiger partial charge >= 0.3 is 0 Å². The highest BCUT2D eigenvalue weighted by Gasteiger charge is 2.18. The number of hydrogen-bond acceptors (Lipinski definition) is 2. The lowest BCUT2D eigenvalue weighted by atomic mass is 9.98. The van der Waals surface area contributed by atoms with Crippen LogP contribution in [0.5, 0.6) is 0 Å². The fourth-order valence-electron chi connectivity index (χ4n) is 7.41. The van der Waals surface area contributed by atoms with Crippen LogP contribution in [-0.2, 0) is 0 Å². The van der Waals surface area contributed by atoms with Crippen molar-refractivity contribution in [3.63, 3.8) is 0 Å². The van der Waals surface area contributed by atoms with Crippen molar-refractivity contribution in [2.45, 2.75) is 0 Å². The van der Waals surface area contributed by atoms with Crippen molar-refractivity contribution >= 4 is 65.2 Å². The van der Waals surface area contributed by atoms with Crippen molar-refractivity contribution in [1.82, 2.24) is 14.5 Å². The van der Waals surface area contributed by atoms with Crippen molar-refractivity contribution in [3.05, 3.63) is 164 Å². The first kappa shape index (κ1) is 26.0. The van der Waals surface area contributed by atoms with Gasteiger partial charge in [0.25, 0.3) is 0 Å². The predicted molar refractivity (Wildman–Crippen MR) is 197 cm³/mol. The van der Waals surface area contributed by atoms with E-state index >= 15 is 0 Å². The average Bonchev–Trinajstić information content (AvgIpc) is 3.49. The van der Waals surface area contributed by atoms with Crippen LogP contribution in [0.3, 0.4) is 0 Å². The molecule has 0 bridgehead atoms. The van der Waals surface area contributed by atoms with Gasteiger partial charge in [0.2, 0.25) is 0 Å². The quantitative estimate of drug-likeness (QED) is 0.190. The molecule has 0 spiro atoms. The molecule has 0 N–H and O–H groups in total. The molecule has 0 unspecified atom stereocenters. The van der Waals surface area contributed by atoms with E-state index in [-0.39, 0.29) is 0 Å². The van der Waals surface area contributed by atoms with Crippen LogP contribution in [0.2, 0.25) is 0 Å². The van der Waals surface area contributed by atoms with Gasteiger partial charge in [-0.25, -0.2) is 9.97 Å². The Morgan fingerprint density at radius 1 is 0.383 bits per heavy atom. The zero-order valence-electron chi connectivity index (χ0n) is 25.4. The maximum atomic E-state index is 5.42. The van der Waals surface area contributed by atoms with Crippen molar-refractivity contribution in [2.75, 3.05) is 0 Å². The smallest absolute Gasteiger partial charge is 0.0979 e. The normalized spacial score (nSPS) is 11.8. The van der Waals surface area contributed by atoms with Crippen LogP contribution in [0.15, 0.2) is 164 Å². The van der Waals surface area contributed by atoms with E-state index in [2.05, 4.69) is 156 Å². The van der Waals surface area contributed by atoms with Gasteiger partial charge in [0.05, 0.1) is 33.5 Å².